The maximum Gasteiger partial charge on any atom is 0.402 e. The molecule has 20 heavy (non-hydrogen) atoms. The average molecular weight is 279 g/mol. The Labute approximate surface area is 116 Å². The molecule has 0 aliphatic rings. The van der Waals surface area contributed by atoms with Gasteiger partial charge in [-0.25, -0.2) is 0 Å². The molecule has 4 heteroatoms. The van der Waals surface area contributed by atoms with E-state index in [0.29, 0.717) is 5.69 Å². The van der Waals surface area contributed by atoms with Crippen molar-refractivity contribution in [1.82, 2.24) is 0 Å². The predicted octanol–water partition coefficient (Wildman–Crippen LogP) is 4.45. The number of alkyl halides is 3. The molecular formula is C16H16F3N. The second kappa shape index (κ2) is 4.85. The summed E-state index contributed by atoms with van der Waals surface area (Å²) in [6.07, 6.45) is -4.39. The van der Waals surface area contributed by atoms with Gasteiger partial charge in [-0.05, 0) is 37.1 Å². The number of nitrogen functional groups attached to an aromatic ring is 1. The van der Waals surface area contributed by atoms with Crippen molar-refractivity contribution in [2.45, 2.75) is 25.4 Å². The summed E-state index contributed by atoms with van der Waals surface area (Å²) in [6, 6.07) is 12.3. The maximum absolute atomic E-state index is 13.6. The summed E-state index contributed by atoms with van der Waals surface area (Å²) < 4.78 is 40.9. The zero-order valence-corrected chi connectivity index (χ0v) is 11.3. The molecule has 2 aromatic carbocycles. The van der Waals surface area contributed by atoms with Gasteiger partial charge in [0.1, 0.15) is 5.41 Å². The van der Waals surface area contributed by atoms with Gasteiger partial charge in [0.25, 0.3) is 0 Å². The van der Waals surface area contributed by atoms with Gasteiger partial charge in [-0.1, -0.05) is 42.0 Å². The van der Waals surface area contributed by atoms with Gasteiger partial charge < -0.3 is 5.73 Å². The number of hydrogen-bond donors (Lipinski definition) is 1. The Balaban J connectivity index is 2.62. The summed E-state index contributed by atoms with van der Waals surface area (Å²) in [4.78, 5) is 0. The van der Waals surface area contributed by atoms with Crippen LogP contribution in [-0.4, -0.2) is 6.18 Å². The Hall–Kier alpha value is -1.97. The number of halogens is 3. The SMILES string of the molecule is Cc1ccc(C(C)(c2ccc(N)cc2)C(F)(F)F)cc1. The molecule has 106 valence electrons. The monoisotopic (exact) mass is 279 g/mol. The van der Waals surface area contributed by atoms with Crippen LogP contribution < -0.4 is 5.73 Å². The first kappa shape index (κ1) is 14.4. The largest absolute Gasteiger partial charge is 0.402 e. The van der Waals surface area contributed by atoms with Crippen LogP contribution in [0.2, 0.25) is 0 Å². The zero-order valence-electron chi connectivity index (χ0n) is 11.3. The molecule has 0 bridgehead atoms. The first-order chi connectivity index (χ1) is 9.25. The average Bonchev–Trinajstić information content (AvgIpc) is 2.38. The van der Waals surface area contributed by atoms with Gasteiger partial charge >= 0.3 is 6.18 Å². The van der Waals surface area contributed by atoms with Gasteiger partial charge in [0, 0.05) is 5.69 Å². The van der Waals surface area contributed by atoms with Crippen LogP contribution in [0.3, 0.4) is 0 Å². The lowest BCUT2D eigenvalue weighted by molar-refractivity contribution is -0.173. The van der Waals surface area contributed by atoms with Crippen molar-refractivity contribution in [2.24, 2.45) is 0 Å². The maximum atomic E-state index is 13.6. The topological polar surface area (TPSA) is 26.0 Å². The smallest absolute Gasteiger partial charge is 0.399 e. The van der Waals surface area contributed by atoms with Crippen LogP contribution in [0.4, 0.5) is 18.9 Å². The van der Waals surface area contributed by atoms with E-state index in [2.05, 4.69) is 0 Å². The summed E-state index contributed by atoms with van der Waals surface area (Å²) in [5.74, 6) is 0. The molecule has 2 rings (SSSR count). The summed E-state index contributed by atoms with van der Waals surface area (Å²) in [6.45, 7) is 3.04. The minimum absolute atomic E-state index is 0.183. The Morgan fingerprint density at radius 2 is 1.20 bits per heavy atom. The van der Waals surface area contributed by atoms with E-state index in [1.54, 1.807) is 12.1 Å². The van der Waals surface area contributed by atoms with Crippen LogP contribution in [0.5, 0.6) is 0 Å². The summed E-state index contributed by atoms with van der Waals surface area (Å²) >= 11 is 0. The number of nitrogens with two attached hydrogens (primary N) is 1. The van der Waals surface area contributed by atoms with Gasteiger partial charge in [0.15, 0.2) is 0 Å². The minimum atomic E-state index is -4.39. The van der Waals surface area contributed by atoms with Crippen molar-refractivity contribution in [3.8, 4) is 0 Å². The zero-order chi connectivity index (χ0) is 15.0. The summed E-state index contributed by atoms with van der Waals surface area (Å²) in [5.41, 5.74) is 5.29. The van der Waals surface area contributed by atoms with Crippen molar-refractivity contribution in [3.05, 3.63) is 65.2 Å². The Morgan fingerprint density at radius 1 is 0.800 bits per heavy atom. The van der Waals surface area contributed by atoms with Crippen LogP contribution in [-0.2, 0) is 5.41 Å². The second-order valence-corrected chi connectivity index (χ2v) is 5.11. The normalized spacial score (nSPS) is 14.8. The fourth-order valence-corrected chi connectivity index (χ4v) is 2.20. The van der Waals surface area contributed by atoms with Crippen LogP contribution >= 0.6 is 0 Å². The van der Waals surface area contributed by atoms with Crippen molar-refractivity contribution in [2.75, 3.05) is 5.73 Å². The first-order valence-electron chi connectivity index (χ1n) is 6.25. The van der Waals surface area contributed by atoms with E-state index >= 15 is 0 Å². The van der Waals surface area contributed by atoms with Gasteiger partial charge in [-0.3, -0.25) is 0 Å². The molecule has 1 atom stereocenters. The molecule has 0 saturated carbocycles. The molecule has 0 spiro atoms. The third-order valence-electron chi connectivity index (χ3n) is 3.68. The second-order valence-electron chi connectivity index (χ2n) is 5.11. The molecule has 1 nitrogen and oxygen atoms in total. The molecule has 0 aliphatic carbocycles. The summed E-state index contributed by atoms with van der Waals surface area (Å²) in [7, 11) is 0. The summed E-state index contributed by atoms with van der Waals surface area (Å²) in [5, 5.41) is 0. The van der Waals surface area contributed by atoms with Crippen LogP contribution in [0.25, 0.3) is 0 Å². The van der Waals surface area contributed by atoms with Crippen LogP contribution in [0.1, 0.15) is 23.6 Å². The fourth-order valence-electron chi connectivity index (χ4n) is 2.20. The number of aryl methyl sites for hydroxylation is 1. The van der Waals surface area contributed by atoms with E-state index in [4.69, 9.17) is 5.73 Å². The van der Waals surface area contributed by atoms with Crippen molar-refractivity contribution >= 4 is 5.69 Å². The predicted molar refractivity (Wildman–Crippen MR) is 74.5 cm³/mol. The van der Waals surface area contributed by atoms with E-state index < -0.39 is 11.6 Å². The highest BCUT2D eigenvalue weighted by atomic mass is 19.4. The van der Waals surface area contributed by atoms with Crippen LogP contribution in [0.15, 0.2) is 48.5 Å². The molecule has 0 amide bonds. The van der Waals surface area contributed by atoms with E-state index in [1.165, 1.54) is 43.3 Å². The number of rotatable bonds is 2. The number of benzene rings is 2. The molecule has 0 aromatic heterocycles. The third kappa shape index (κ3) is 2.38. The van der Waals surface area contributed by atoms with E-state index in [-0.39, 0.29) is 11.1 Å². The molecule has 0 fully saturated rings. The first-order valence-corrected chi connectivity index (χ1v) is 6.25. The lowest BCUT2D eigenvalue weighted by Gasteiger charge is -2.33. The molecule has 1 unspecified atom stereocenters. The third-order valence-corrected chi connectivity index (χ3v) is 3.68. The fraction of sp³-hybridized carbons (Fsp3) is 0.250. The number of anilines is 1. The van der Waals surface area contributed by atoms with E-state index in [1.807, 2.05) is 6.92 Å². The van der Waals surface area contributed by atoms with E-state index in [9.17, 15) is 13.2 Å². The number of hydrogen-bond acceptors (Lipinski definition) is 1. The molecule has 0 heterocycles. The van der Waals surface area contributed by atoms with Gasteiger partial charge in [-0.2, -0.15) is 13.2 Å². The minimum Gasteiger partial charge on any atom is -0.399 e. The van der Waals surface area contributed by atoms with E-state index in [0.717, 1.165) is 5.56 Å². The molecule has 0 radical (unpaired) electrons. The Bertz CT molecular complexity index is 537. The Kier molecular flexibility index (Phi) is 3.50. The quantitative estimate of drug-likeness (QED) is 0.808. The lowest BCUT2D eigenvalue weighted by Crippen LogP contribution is -2.40. The molecule has 2 aromatic rings. The van der Waals surface area contributed by atoms with Gasteiger partial charge in [0.05, 0.1) is 0 Å². The van der Waals surface area contributed by atoms with Crippen molar-refractivity contribution < 1.29 is 13.2 Å². The van der Waals surface area contributed by atoms with Crippen LogP contribution in [0, 0.1) is 6.92 Å². The highest BCUT2D eigenvalue weighted by Crippen LogP contribution is 2.46. The molecular weight excluding hydrogens is 263 g/mol. The van der Waals surface area contributed by atoms with Crippen molar-refractivity contribution in [1.29, 1.82) is 0 Å². The Morgan fingerprint density at radius 3 is 1.60 bits per heavy atom. The standard InChI is InChI=1S/C16H16F3N/c1-11-3-5-12(6-4-11)15(2,16(17,18)19)13-7-9-14(20)10-8-13/h3-10H,20H2,1-2H3. The molecule has 0 aliphatic heterocycles. The highest BCUT2D eigenvalue weighted by molar-refractivity contribution is 5.47. The molecule has 2 N–H and O–H groups in total. The van der Waals surface area contributed by atoms with Crippen molar-refractivity contribution in [3.63, 3.8) is 0 Å². The van der Waals surface area contributed by atoms with Gasteiger partial charge in [-0.15, -0.1) is 0 Å². The lowest BCUT2D eigenvalue weighted by atomic mass is 9.75. The molecule has 0 saturated heterocycles. The van der Waals surface area contributed by atoms with Gasteiger partial charge in [0.2, 0.25) is 0 Å². The highest BCUT2D eigenvalue weighted by Gasteiger charge is 2.53.